The van der Waals surface area contributed by atoms with E-state index in [9.17, 15) is 4.79 Å². The smallest absolute Gasteiger partial charge is 0.356 e. The molecule has 2 aromatic carbocycles. The van der Waals surface area contributed by atoms with E-state index in [1.807, 2.05) is 31.2 Å². The Hall–Kier alpha value is -2.99. The lowest BCUT2D eigenvalue weighted by Gasteiger charge is -2.13. The van der Waals surface area contributed by atoms with Gasteiger partial charge in [0.25, 0.3) is 0 Å². The summed E-state index contributed by atoms with van der Waals surface area (Å²) >= 11 is 6.14. The minimum absolute atomic E-state index is 0.00947. The third-order valence-electron chi connectivity index (χ3n) is 4.10. The lowest BCUT2D eigenvalue weighted by atomic mass is 10.2. The Balaban J connectivity index is 1.79. The maximum Gasteiger partial charge on any atom is 0.356 e. The molecule has 0 spiro atoms. The van der Waals surface area contributed by atoms with Crippen molar-refractivity contribution in [3.8, 4) is 11.5 Å². The quantitative estimate of drug-likeness (QED) is 0.659. The Morgan fingerprint density at radius 2 is 1.93 bits per heavy atom. The molecule has 27 heavy (non-hydrogen) atoms. The summed E-state index contributed by atoms with van der Waals surface area (Å²) in [6.45, 7) is 2.55. The molecule has 1 N–H and O–H groups in total. The second-order valence-corrected chi connectivity index (χ2v) is 6.46. The van der Waals surface area contributed by atoms with Gasteiger partial charge in [0.2, 0.25) is 0 Å². The van der Waals surface area contributed by atoms with Gasteiger partial charge in [-0.3, -0.25) is 4.68 Å². The predicted molar refractivity (Wildman–Crippen MR) is 102 cm³/mol. The molecule has 0 saturated heterocycles. The van der Waals surface area contributed by atoms with E-state index in [0.29, 0.717) is 23.9 Å². The first-order valence-corrected chi connectivity index (χ1v) is 8.66. The van der Waals surface area contributed by atoms with Crippen LogP contribution < -0.4 is 9.47 Å². The van der Waals surface area contributed by atoms with Gasteiger partial charge in [0, 0.05) is 16.3 Å². The molecule has 0 aliphatic heterocycles. The molecule has 140 valence electrons. The zero-order chi connectivity index (χ0) is 19.4. The van der Waals surface area contributed by atoms with E-state index in [0.717, 1.165) is 22.6 Å². The van der Waals surface area contributed by atoms with Crippen molar-refractivity contribution in [3.63, 3.8) is 0 Å². The van der Waals surface area contributed by atoms with Crippen molar-refractivity contribution in [1.82, 2.24) is 9.78 Å². The average molecular weight is 387 g/mol. The van der Waals surface area contributed by atoms with Crippen molar-refractivity contribution in [1.29, 1.82) is 0 Å². The number of hydrogen-bond donors (Lipinski definition) is 1. The highest BCUT2D eigenvalue weighted by Crippen LogP contribution is 2.25. The first-order chi connectivity index (χ1) is 13.0. The normalized spacial score (nSPS) is 10.6. The highest BCUT2D eigenvalue weighted by atomic mass is 35.5. The van der Waals surface area contributed by atoms with Gasteiger partial charge in [-0.05, 0) is 48.9 Å². The molecule has 0 bridgehead atoms. The summed E-state index contributed by atoms with van der Waals surface area (Å²) in [5, 5.41) is 13.8. The van der Waals surface area contributed by atoms with E-state index in [1.54, 1.807) is 30.0 Å². The largest absolute Gasteiger partial charge is 0.497 e. The van der Waals surface area contributed by atoms with Gasteiger partial charge in [-0.2, -0.15) is 5.10 Å². The Morgan fingerprint density at radius 3 is 2.56 bits per heavy atom. The number of benzene rings is 2. The first-order valence-electron chi connectivity index (χ1n) is 8.28. The van der Waals surface area contributed by atoms with Crippen LogP contribution in [0.1, 0.15) is 27.3 Å². The fourth-order valence-corrected chi connectivity index (χ4v) is 2.83. The summed E-state index contributed by atoms with van der Waals surface area (Å²) in [6, 6.07) is 14.5. The van der Waals surface area contributed by atoms with Gasteiger partial charge < -0.3 is 14.6 Å². The number of carboxylic acids is 1. The number of aromatic nitrogens is 2. The molecule has 0 fully saturated rings. The zero-order valence-electron chi connectivity index (χ0n) is 15.0. The van der Waals surface area contributed by atoms with Gasteiger partial charge in [-0.15, -0.1) is 0 Å². The van der Waals surface area contributed by atoms with E-state index in [1.165, 1.54) is 6.07 Å². The molecule has 6 nitrogen and oxygen atoms in total. The molecule has 0 amide bonds. The second-order valence-electron chi connectivity index (χ2n) is 6.02. The van der Waals surface area contributed by atoms with Gasteiger partial charge in [0.05, 0.1) is 13.7 Å². The molecule has 3 aromatic rings. The van der Waals surface area contributed by atoms with Crippen molar-refractivity contribution in [2.45, 2.75) is 20.1 Å². The van der Waals surface area contributed by atoms with Gasteiger partial charge in [0.15, 0.2) is 5.69 Å². The molecule has 1 aromatic heterocycles. The highest BCUT2D eigenvalue weighted by molar-refractivity contribution is 6.30. The van der Waals surface area contributed by atoms with Crippen molar-refractivity contribution >= 4 is 17.6 Å². The molecule has 3 rings (SSSR count). The van der Waals surface area contributed by atoms with E-state index >= 15 is 0 Å². The van der Waals surface area contributed by atoms with Crippen LogP contribution in [0.15, 0.2) is 48.5 Å². The molecule has 0 aliphatic carbocycles. The number of rotatable bonds is 7. The molecule has 7 heteroatoms. The minimum Gasteiger partial charge on any atom is -0.497 e. The summed E-state index contributed by atoms with van der Waals surface area (Å²) in [7, 11) is 1.62. The number of halogens is 1. The van der Waals surface area contributed by atoms with Crippen LogP contribution in [-0.2, 0) is 13.2 Å². The molecule has 0 radical (unpaired) electrons. The summed E-state index contributed by atoms with van der Waals surface area (Å²) in [6.07, 6.45) is 0. The standard InChI is InChI=1S/C20H19ClN2O4/c1-13-9-18(20(24)25)22-23(13)11-15-10-16(21)5-8-19(15)27-12-14-3-6-17(26-2)7-4-14/h3-10H,11-12H2,1-2H3,(H,24,25). The number of hydrogen-bond acceptors (Lipinski definition) is 4. The van der Waals surface area contributed by atoms with Gasteiger partial charge in [0.1, 0.15) is 18.1 Å². The van der Waals surface area contributed by atoms with E-state index in [-0.39, 0.29) is 5.69 Å². The van der Waals surface area contributed by atoms with Crippen LogP contribution in [0, 0.1) is 6.92 Å². The van der Waals surface area contributed by atoms with Crippen LogP contribution in [-0.4, -0.2) is 28.0 Å². The van der Waals surface area contributed by atoms with Gasteiger partial charge >= 0.3 is 5.97 Å². The Morgan fingerprint density at radius 1 is 1.19 bits per heavy atom. The van der Waals surface area contributed by atoms with Gasteiger partial charge in [-0.25, -0.2) is 4.79 Å². The lowest BCUT2D eigenvalue weighted by Crippen LogP contribution is -2.08. The predicted octanol–water partition coefficient (Wildman–Crippen LogP) is 4.18. The summed E-state index contributed by atoms with van der Waals surface area (Å²) in [4.78, 5) is 11.1. The Bertz CT molecular complexity index is 951. The summed E-state index contributed by atoms with van der Waals surface area (Å²) in [5.74, 6) is 0.398. The maximum absolute atomic E-state index is 11.1. The fourth-order valence-electron chi connectivity index (χ4n) is 2.63. The SMILES string of the molecule is COc1ccc(COc2ccc(Cl)cc2Cn2nc(C(=O)O)cc2C)cc1. The average Bonchev–Trinajstić information content (AvgIpc) is 3.02. The number of aryl methyl sites for hydroxylation is 1. The maximum atomic E-state index is 11.1. The molecular weight excluding hydrogens is 368 g/mol. The monoisotopic (exact) mass is 386 g/mol. The Kier molecular flexibility index (Phi) is 5.66. The third kappa shape index (κ3) is 4.60. The Labute approximate surface area is 161 Å². The minimum atomic E-state index is -1.06. The molecular formula is C20H19ClN2O4. The van der Waals surface area contributed by atoms with Crippen LogP contribution in [0.25, 0.3) is 0 Å². The van der Waals surface area contributed by atoms with Crippen LogP contribution in [0.2, 0.25) is 5.02 Å². The summed E-state index contributed by atoms with van der Waals surface area (Å²) in [5.41, 5.74) is 2.57. The topological polar surface area (TPSA) is 73.6 Å². The van der Waals surface area contributed by atoms with E-state index in [2.05, 4.69) is 5.10 Å². The molecule has 1 heterocycles. The summed E-state index contributed by atoms with van der Waals surface area (Å²) < 4.78 is 12.7. The van der Waals surface area contributed by atoms with Crippen LogP contribution in [0.4, 0.5) is 0 Å². The number of aromatic carboxylic acids is 1. The van der Waals surface area contributed by atoms with Crippen molar-refractivity contribution in [2.75, 3.05) is 7.11 Å². The number of carbonyl (C=O) groups is 1. The van der Waals surface area contributed by atoms with Crippen molar-refractivity contribution in [2.24, 2.45) is 0 Å². The first kappa shape index (κ1) is 18.8. The van der Waals surface area contributed by atoms with E-state index < -0.39 is 5.97 Å². The molecule has 0 aliphatic rings. The molecule has 0 atom stereocenters. The zero-order valence-corrected chi connectivity index (χ0v) is 15.7. The van der Waals surface area contributed by atoms with Crippen molar-refractivity contribution in [3.05, 3.63) is 76.1 Å². The second kappa shape index (κ2) is 8.14. The van der Waals surface area contributed by atoms with E-state index in [4.69, 9.17) is 26.2 Å². The highest BCUT2D eigenvalue weighted by Gasteiger charge is 2.13. The van der Waals surface area contributed by atoms with Gasteiger partial charge in [-0.1, -0.05) is 23.7 Å². The third-order valence-corrected chi connectivity index (χ3v) is 4.33. The number of methoxy groups -OCH3 is 1. The van der Waals surface area contributed by atoms with Crippen LogP contribution in [0.5, 0.6) is 11.5 Å². The number of ether oxygens (including phenoxy) is 2. The lowest BCUT2D eigenvalue weighted by molar-refractivity contribution is 0.0689. The number of carboxylic acid groups (broad SMARTS) is 1. The molecule has 0 unspecified atom stereocenters. The number of nitrogens with zero attached hydrogens (tertiary/aromatic N) is 2. The van der Waals surface area contributed by atoms with Crippen LogP contribution >= 0.6 is 11.6 Å². The van der Waals surface area contributed by atoms with Crippen molar-refractivity contribution < 1.29 is 19.4 Å². The fraction of sp³-hybridized carbons (Fsp3) is 0.200. The van der Waals surface area contributed by atoms with Crippen LogP contribution in [0.3, 0.4) is 0 Å². The molecule has 0 saturated carbocycles.